The van der Waals surface area contributed by atoms with Gasteiger partial charge in [-0.3, -0.25) is 9.36 Å². The summed E-state index contributed by atoms with van der Waals surface area (Å²) in [4.78, 5) is 24.7. The number of hydrogen-bond donors (Lipinski definition) is 1. The smallest absolute Gasteiger partial charge is 0.340 e. The number of ether oxygens (including phenoxy) is 2. The fourth-order valence-corrected chi connectivity index (χ4v) is 3.88. The van der Waals surface area contributed by atoms with Gasteiger partial charge in [0.25, 0.3) is 0 Å². The zero-order valence-corrected chi connectivity index (χ0v) is 20.5. The third-order valence-electron chi connectivity index (χ3n) is 4.63. The van der Waals surface area contributed by atoms with E-state index in [4.69, 9.17) is 21.1 Å². The molecular formula is C24H25ClN4O4S. The van der Waals surface area contributed by atoms with Gasteiger partial charge in [0.05, 0.1) is 23.6 Å². The Balaban J connectivity index is 1.64. The lowest BCUT2D eigenvalue weighted by atomic mass is 10.2. The molecule has 0 atom stereocenters. The van der Waals surface area contributed by atoms with Crippen molar-refractivity contribution in [2.75, 3.05) is 17.7 Å². The van der Waals surface area contributed by atoms with Gasteiger partial charge in [-0.15, -0.1) is 16.8 Å². The van der Waals surface area contributed by atoms with E-state index in [1.165, 1.54) is 11.8 Å². The molecule has 1 N–H and O–H groups in total. The Hall–Kier alpha value is -3.30. The van der Waals surface area contributed by atoms with Crippen LogP contribution in [0.5, 0.6) is 5.75 Å². The van der Waals surface area contributed by atoms with Crippen LogP contribution in [0.15, 0.2) is 60.3 Å². The second-order valence-corrected chi connectivity index (χ2v) is 8.45. The molecule has 178 valence electrons. The monoisotopic (exact) mass is 500 g/mol. The van der Waals surface area contributed by atoms with Crippen molar-refractivity contribution in [2.45, 2.75) is 32.2 Å². The quantitative estimate of drug-likeness (QED) is 0.227. The van der Waals surface area contributed by atoms with Crippen LogP contribution in [0.3, 0.4) is 0 Å². The standard InChI is InChI=1S/C24H25ClN4O4S/c1-4-12-29-21(14-33-17-10-11-19(25)16(3)13-17)27-28-24(29)34-15-22(30)26-20-9-7-6-8-18(20)23(31)32-5-2/h4,6-11,13H,1,5,12,14-15H2,2-3H3,(H,26,30). The fraction of sp³-hybridized carbons (Fsp3) is 0.250. The number of anilines is 1. The van der Waals surface area contributed by atoms with Crippen LogP contribution in [0.25, 0.3) is 0 Å². The number of rotatable bonds is 11. The molecule has 3 aromatic rings. The molecule has 0 aliphatic rings. The Bertz CT molecular complexity index is 1180. The molecule has 0 saturated heterocycles. The zero-order valence-electron chi connectivity index (χ0n) is 18.9. The number of hydrogen-bond acceptors (Lipinski definition) is 7. The van der Waals surface area contributed by atoms with Crippen LogP contribution in [0.1, 0.15) is 28.7 Å². The molecule has 0 saturated carbocycles. The summed E-state index contributed by atoms with van der Waals surface area (Å²) in [5.41, 5.74) is 1.61. The molecule has 10 heteroatoms. The molecule has 34 heavy (non-hydrogen) atoms. The molecule has 0 aliphatic carbocycles. The first kappa shape index (κ1) is 25.3. The summed E-state index contributed by atoms with van der Waals surface area (Å²) in [5, 5.41) is 12.4. The first-order valence-corrected chi connectivity index (χ1v) is 11.9. The van der Waals surface area contributed by atoms with Crippen LogP contribution in [0.4, 0.5) is 5.69 Å². The molecule has 0 radical (unpaired) electrons. The van der Waals surface area contributed by atoms with E-state index >= 15 is 0 Å². The molecule has 2 aromatic carbocycles. The maximum Gasteiger partial charge on any atom is 0.340 e. The van der Waals surface area contributed by atoms with Crippen LogP contribution < -0.4 is 10.1 Å². The van der Waals surface area contributed by atoms with Gasteiger partial charge < -0.3 is 14.8 Å². The van der Waals surface area contributed by atoms with Crippen LogP contribution in [0.2, 0.25) is 5.02 Å². The van der Waals surface area contributed by atoms with Gasteiger partial charge in [-0.2, -0.15) is 0 Å². The van der Waals surface area contributed by atoms with Crippen molar-refractivity contribution < 1.29 is 19.1 Å². The summed E-state index contributed by atoms with van der Waals surface area (Å²) in [6.45, 7) is 8.32. The summed E-state index contributed by atoms with van der Waals surface area (Å²) in [6, 6.07) is 12.1. The van der Waals surface area contributed by atoms with Gasteiger partial charge in [0.1, 0.15) is 12.4 Å². The number of benzene rings is 2. The van der Waals surface area contributed by atoms with E-state index in [1.807, 2.05) is 17.6 Å². The second-order valence-electron chi connectivity index (χ2n) is 7.10. The Morgan fingerprint density at radius 2 is 2.03 bits per heavy atom. The average Bonchev–Trinajstić information content (AvgIpc) is 3.20. The summed E-state index contributed by atoms with van der Waals surface area (Å²) < 4.78 is 12.7. The summed E-state index contributed by atoms with van der Waals surface area (Å²) in [6.07, 6.45) is 1.72. The number of aromatic nitrogens is 3. The van der Waals surface area contributed by atoms with Crippen molar-refractivity contribution in [3.63, 3.8) is 0 Å². The maximum absolute atomic E-state index is 12.6. The first-order chi connectivity index (χ1) is 16.4. The number of nitrogens with zero attached hydrogens (tertiary/aromatic N) is 3. The van der Waals surface area contributed by atoms with Gasteiger partial charge in [0.2, 0.25) is 5.91 Å². The van der Waals surface area contributed by atoms with Crippen LogP contribution in [0, 0.1) is 6.92 Å². The number of allylic oxidation sites excluding steroid dienone is 1. The van der Waals surface area contributed by atoms with Crippen molar-refractivity contribution in [3.8, 4) is 5.75 Å². The molecule has 1 heterocycles. The Morgan fingerprint density at radius 1 is 1.24 bits per heavy atom. The molecule has 0 bridgehead atoms. The molecule has 0 aliphatic heterocycles. The van der Waals surface area contributed by atoms with Crippen molar-refractivity contribution in [2.24, 2.45) is 0 Å². The van der Waals surface area contributed by atoms with Gasteiger partial charge in [0.15, 0.2) is 11.0 Å². The number of para-hydroxylation sites is 1. The Kier molecular flexibility index (Phi) is 9.12. The minimum absolute atomic E-state index is 0.0731. The fourth-order valence-electron chi connectivity index (χ4n) is 3.00. The zero-order chi connectivity index (χ0) is 24.5. The van der Waals surface area contributed by atoms with Crippen molar-refractivity contribution in [3.05, 3.63) is 77.1 Å². The highest BCUT2D eigenvalue weighted by Crippen LogP contribution is 2.23. The van der Waals surface area contributed by atoms with Crippen LogP contribution >= 0.6 is 23.4 Å². The number of nitrogens with one attached hydrogen (secondary N) is 1. The number of carbonyl (C=O) groups is 2. The first-order valence-electron chi connectivity index (χ1n) is 10.5. The molecule has 8 nitrogen and oxygen atoms in total. The normalized spacial score (nSPS) is 10.6. The topological polar surface area (TPSA) is 95.3 Å². The van der Waals surface area contributed by atoms with Crippen molar-refractivity contribution in [1.82, 2.24) is 14.8 Å². The highest BCUT2D eigenvalue weighted by Gasteiger charge is 2.17. The van der Waals surface area contributed by atoms with E-state index in [9.17, 15) is 9.59 Å². The molecule has 3 rings (SSSR count). The summed E-state index contributed by atoms with van der Waals surface area (Å²) in [5.74, 6) is 0.567. The van der Waals surface area contributed by atoms with Gasteiger partial charge >= 0.3 is 5.97 Å². The number of carbonyl (C=O) groups excluding carboxylic acids is 2. The third kappa shape index (κ3) is 6.61. The van der Waals surface area contributed by atoms with Crippen molar-refractivity contribution in [1.29, 1.82) is 0 Å². The Labute approximate surface area is 207 Å². The molecule has 0 spiro atoms. The van der Waals surface area contributed by atoms with Crippen LogP contribution in [-0.4, -0.2) is 39.0 Å². The molecule has 0 unspecified atom stereocenters. The van der Waals surface area contributed by atoms with E-state index in [1.54, 1.807) is 49.4 Å². The third-order valence-corrected chi connectivity index (χ3v) is 6.02. The minimum Gasteiger partial charge on any atom is -0.486 e. The molecule has 0 fully saturated rings. The largest absolute Gasteiger partial charge is 0.486 e. The van der Waals surface area contributed by atoms with E-state index in [0.717, 1.165) is 5.56 Å². The lowest BCUT2D eigenvalue weighted by Crippen LogP contribution is -2.18. The molecular weight excluding hydrogens is 476 g/mol. The maximum atomic E-state index is 12.6. The van der Waals surface area contributed by atoms with Gasteiger partial charge in [-0.25, -0.2) is 4.79 Å². The summed E-state index contributed by atoms with van der Waals surface area (Å²) >= 11 is 7.29. The number of amides is 1. The van der Waals surface area contributed by atoms with E-state index in [0.29, 0.717) is 39.5 Å². The number of thioether (sulfide) groups is 1. The van der Waals surface area contributed by atoms with Crippen LogP contribution in [-0.2, 0) is 22.7 Å². The summed E-state index contributed by atoms with van der Waals surface area (Å²) in [7, 11) is 0. The predicted molar refractivity (Wildman–Crippen MR) is 132 cm³/mol. The van der Waals surface area contributed by atoms with E-state index in [-0.39, 0.29) is 24.9 Å². The lowest BCUT2D eigenvalue weighted by molar-refractivity contribution is -0.113. The van der Waals surface area contributed by atoms with E-state index in [2.05, 4.69) is 22.1 Å². The minimum atomic E-state index is -0.489. The number of aryl methyl sites for hydroxylation is 1. The lowest BCUT2D eigenvalue weighted by Gasteiger charge is -2.11. The number of halogens is 1. The molecule has 1 amide bonds. The molecule has 1 aromatic heterocycles. The Morgan fingerprint density at radius 3 is 2.76 bits per heavy atom. The van der Waals surface area contributed by atoms with Gasteiger partial charge in [-0.05, 0) is 49.7 Å². The second kappa shape index (κ2) is 12.2. The predicted octanol–water partition coefficient (Wildman–Crippen LogP) is 4.91. The van der Waals surface area contributed by atoms with E-state index < -0.39 is 5.97 Å². The van der Waals surface area contributed by atoms with Crippen molar-refractivity contribution >= 4 is 40.9 Å². The number of esters is 1. The van der Waals surface area contributed by atoms with Gasteiger partial charge in [-0.1, -0.05) is 41.6 Å². The highest BCUT2D eigenvalue weighted by atomic mass is 35.5. The SMILES string of the molecule is C=CCn1c(COc2ccc(Cl)c(C)c2)nnc1SCC(=O)Nc1ccccc1C(=O)OCC. The highest BCUT2D eigenvalue weighted by molar-refractivity contribution is 7.99. The average molecular weight is 501 g/mol. The van der Waals surface area contributed by atoms with Gasteiger partial charge in [0, 0.05) is 11.6 Å².